The van der Waals surface area contributed by atoms with Gasteiger partial charge in [0.1, 0.15) is 17.8 Å². The van der Waals surface area contributed by atoms with Gasteiger partial charge in [0.2, 0.25) is 10.0 Å². The molecule has 2 aromatic heterocycles. The quantitative estimate of drug-likeness (QED) is 0.751. The molecule has 7 nitrogen and oxygen atoms in total. The van der Waals surface area contributed by atoms with Crippen molar-refractivity contribution in [3.8, 4) is 0 Å². The number of piperazine rings is 1. The highest BCUT2D eigenvalue weighted by atomic mass is 32.2. The lowest BCUT2D eigenvalue weighted by Gasteiger charge is -2.41. The van der Waals surface area contributed by atoms with Crippen molar-refractivity contribution in [1.29, 1.82) is 0 Å². The Morgan fingerprint density at radius 2 is 1.85 bits per heavy atom. The smallest absolute Gasteiger partial charge is 0.243 e. The molecular formula is C19H21N5O2S. The Morgan fingerprint density at radius 3 is 2.59 bits per heavy atom. The molecule has 0 atom stereocenters. The van der Waals surface area contributed by atoms with Crippen LogP contribution in [0.3, 0.4) is 0 Å². The Bertz CT molecular complexity index is 1100. The summed E-state index contributed by atoms with van der Waals surface area (Å²) >= 11 is 0. The number of aromatic amines is 1. The highest BCUT2D eigenvalue weighted by Gasteiger charge is 2.56. The zero-order valence-corrected chi connectivity index (χ0v) is 15.9. The average Bonchev–Trinajstić information content (AvgIpc) is 3.24. The van der Waals surface area contributed by atoms with Gasteiger partial charge in [-0.2, -0.15) is 4.31 Å². The first kappa shape index (κ1) is 16.7. The summed E-state index contributed by atoms with van der Waals surface area (Å²) in [5.41, 5.74) is 1.54. The van der Waals surface area contributed by atoms with Crippen LogP contribution < -0.4 is 4.90 Å². The number of sulfonamides is 1. The second-order valence-corrected chi connectivity index (χ2v) is 9.34. The highest BCUT2D eigenvalue weighted by Crippen LogP contribution is 2.47. The van der Waals surface area contributed by atoms with E-state index in [0.717, 1.165) is 35.3 Å². The van der Waals surface area contributed by atoms with Crippen LogP contribution in [0, 0.1) is 6.92 Å². The lowest BCUT2D eigenvalue weighted by molar-refractivity contribution is 0.270. The molecule has 1 saturated heterocycles. The highest BCUT2D eigenvalue weighted by molar-refractivity contribution is 7.89. The molecule has 0 radical (unpaired) electrons. The van der Waals surface area contributed by atoms with Gasteiger partial charge in [-0.15, -0.1) is 0 Å². The second-order valence-electron chi connectivity index (χ2n) is 7.47. The maximum Gasteiger partial charge on any atom is 0.243 e. The summed E-state index contributed by atoms with van der Waals surface area (Å²) in [6.45, 7) is 3.70. The minimum absolute atomic E-state index is 0.324. The van der Waals surface area contributed by atoms with E-state index in [4.69, 9.17) is 0 Å². The first-order valence-electron chi connectivity index (χ1n) is 9.12. The summed E-state index contributed by atoms with van der Waals surface area (Å²) in [5, 5.41) is 0.975. The molecule has 1 saturated carbocycles. The summed E-state index contributed by atoms with van der Waals surface area (Å²) in [6, 6.07) is 9.10. The van der Waals surface area contributed by atoms with Crippen LogP contribution in [0.1, 0.15) is 18.4 Å². The van der Waals surface area contributed by atoms with Crippen molar-refractivity contribution in [2.24, 2.45) is 0 Å². The van der Waals surface area contributed by atoms with E-state index in [1.165, 1.54) is 0 Å². The maximum absolute atomic E-state index is 13.2. The number of hydrogen-bond acceptors (Lipinski definition) is 5. The fourth-order valence-corrected chi connectivity index (χ4v) is 5.82. The molecule has 3 heterocycles. The molecule has 0 unspecified atom stereocenters. The van der Waals surface area contributed by atoms with Crippen LogP contribution in [0.15, 0.2) is 47.8 Å². The summed E-state index contributed by atoms with van der Waals surface area (Å²) in [4.78, 5) is 14.4. The van der Waals surface area contributed by atoms with Crippen LogP contribution in [0.4, 0.5) is 5.82 Å². The summed E-state index contributed by atoms with van der Waals surface area (Å²) < 4.78 is 28.2. The van der Waals surface area contributed by atoms with Crippen molar-refractivity contribution in [3.05, 3.63) is 48.4 Å². The fraction of sp³-hybridized carbons (Fsp3) is 0.368. The van der Waals surface area contributed by atoms with Gasteiger partial charge in [0, 0.05) is 25.8 Å². The number of rotatable bonds is 3. The number of nitrogens with zero attached hydrogens (tertiary/aromatic N) is 4. The van der Waals surface area contributed by atoms with Gasteiger partial charge in [0.15, 0.2) is 0 Å². The standard InChI is InChI=1S/C19H21N5O2S/c1-14-2-4-15(5-3-14)27(25,26)24-11-10-23(12-19(24)7-8-19)18-16-6-9-20-17(16)21-13-22-18/h2-6,9,13H,7-8,10-12H2,1H3,(H,20,21,22). The molecule has 1 spiro atoms. The van der Waals surface area contributed by atoms with E-state index >= 15 is 0 Å². The number of H-pyrrole nitrogens is 1. The van der Waals surface area contributed by atoms with E-state index in [9.17, 15) is 8.42 Å². The largest absolute Gasteiger partial charge is 0.353 e. The van der Waals surface area contributed by atoms with Crippen molar-refractivity contribution in [3.63, 3.8) is 0 Å². The Morgan fingerprint density at radius 1 is 1.07 bits per heavy atom. The van der Waals surface area contributed by atoms with Crippen molar-refractivity contribution < 1.29 is 8.42 Å². The normalized spacial score (nSPS) is 19.7. The van der Waals surface area contributed by atoms with E-state index in [0.29, 0.717) is 24.5 Å². The number of aromatic nitrogens is 3. The molecule has 1 N–H and O–H groups in total. The van der Waals surface area contributed by atoms with Crippen molar-refractivity contribution >= 4 is 26.9 Å². The molecule has 27 heavy (non-hydrogen) atoms. The van der Waals surface area contributed by atoms with Gasteiger partial charge in [0.05, 0.1) is 15.8 Å². The van der Waals surface area contributed by atoms with E-state index < -0.39 is 10.0 Å². The monoisotopic (exact) mass is 383 g/mol. The summed E-state index contributed by atoms with van der Waals surface area (Å²) in [5.74, 6) is 0.875. The van der Waals surface area contributed by atoms with E-state index in [1.807, 2.05) is 31.3 Å². The Labute approximate surface area is 158 Å². The van der Waals surface area contributed by atoms with Crippen LogP contribution in [-0.4, -0.2) is 52.8 Å². The molecule has 2 fully saturated rings. The maximum atomic E-state index is 13.2. The van der Waals surface area contributed by atoms with Gasteiger partial charge in [-0.05, 0) is 38.0 Å². The van der Waals surface area contributed by atoms with Gasteiger partial charge in [-0.3, -0.25) is 0 Å². The lowest BCUT2D eigenvalue weighted by atomic mass is 10.2. The third-order valence-electron chi connectivity index (χ3n) is 5.66. The molecular weight excluding hydrogens is 362 g/mol. The first-order valence-corrected chi connectivity index (χ1v) is 10.6. The lowest BCUT2D eigenvalue weighted by Crippen LogP contribution is -2.57. The van der Waals surface area contributed by atoms with Crippen molar-refractivity contribution in [2.45, 2.75) is 30.2 Å². The van der Waals surface area contributed by atoms with E-state index in [-0.39, 0.29) is 5.54 Å². The number of nitrogens with one attached hydrogen (secondary N) is 1. The molecule has 3 aromatic rings. The van der Waals surface area contributed by atoms with Crippen LogP contribution in [0.5, 0.6) is 0 Å². The van der Waals surface area contributed by atoms with Crippen molar-refractivity contribution in [2.75, 3.05) is 24.5 Å². The summed E-state index contributed by atoms with van der Waals surface area (Å²) in [7, 11) is -3.49. The van der Waals surface area contributed by atoms with Gasteiger partial charge in [-0.1, -0.05) is 17.7 Å². The molecule has 140 valence electrons. The first-order chi connectivity index (χ1) is 13.0. The van der Waals surface area contributed by atoms with Gasteiger partial charge >= 0.3 is 0 Å². The molecule has 1 aliphatic carbocycles. The predicted molar refractivity (Wildman–Crippen MR) is 103 cm³/mol. The molecule has 8 heteroatoms. The Hall–Kier alpha value is -2.45. The zero-order valence-electron chi connectivity index (χ0n) is 15.1. The van der Waals surface area contributed by atoms with E-state index in [1.54, 1.807) is 22.8 Å². The molecule has 0 bridgehead atoms. The van der Waals surface area contributed by atoms with Crippen LogP contribution >= 0.6 is 0 Å². The van der Waals surface area contributed by atoms with Gasteiger partial charge in [0.25, 0.3) is 0 Å². The minimum Gasteiger partial charge on any atom is -0.353 e. The predicted octanol–water partition coefficient (Wildman–Crippen LogP) is 2.31. The Balaban J connectivity index is 1.46. The molecule has 1 aromatic carbocycles. The third-order valence-corrected chi connectivity index (χ3v) is 7.67. The fourth-order valence-electron chi connectivity index (χ4n) is 4.02. The number of anilines is 1. The van der Waals surface area contributed by atoms with Crippen molar-refractivity contribution in [1.82, 2.24) is 19.3 Å². The molecule has 0 amide bonds. The van der Waals surface area contributed by atoms with Crippen LogP contribution in [-0.2, 0) is 10.0 Å². The third kappa shape index (κ3) is 2.62. The molecule has 2 aliphatic rings. The minimum atomic E-state index is -3.49. The van der Waals surface area contributed by atoms with Crippen LogP contribution in [0.25, 0.3) is 11.0 Å². The number of hydrogen-bond donors (Lipinski definition) is 1. The number of aryl methyl sites for hydroxylation is 1. The second kappa shape index (κ2) is 5.77. The number of benzene rings is 1. The molecule has 5 rings (SSSR count). The number of fused-ring (bicyclic) bond motifs is 1. The summed E-state index contributed by atoms with van der Waals surface area (Å²) in [6.07, 6.45) is 5.18. The topological polar surface area (TPSA) is 82.2 Å². The van der Waals surface area contributed by atoms with Gasteiger partial charge < -0.3 is 9.88 Å². The van der Waals surface area contributed by atoms with E-state index in [2.05, 4.69) is 19.9 Å². The average molecular weight is 383 g/mol. The molecule has 1 aliphatic heterocycles. The Kier molecular flexibility index (Phi) is 3.57. The SMILES string of the molecule is Cc1ccc(S(=O)(=O)N2CCN(c3ncnc4[nH]ccc34)CC23CC3)cc1. The van der Waals surface area contributed by atoms with Crippen LogP contribution in [0.2, 0.25) is 0 Å². The van der Waals surface area contributed by atoms with Gasteiger partial charge in [-0.25, -0.2) is 18.4 Å². The zero-order chi connectivity index (χ0) is 18.6.